The van der Waals surface area contributed by atoms with Crippen molar-refractivity contribution < 1.29 is 17.0 Å². The maximum absolute atomic E-state index is 8.80. The molecule has 0 amide bonds. The van der Waals surface area contributed by atoms with Crippen molar-refractivity contribution in [2.24, 2.45) is 0 Å². The van der Waals surface area contributed by atoms with Crippen LogP contribution in [-0.2, 0) is 6.42 Å². The van der Waals surface area contributed by atoms with Crippen molar-refractivity contribution in [3.63, 3.8) is 0 Å². The van der Waals surface area contributed by atoms with Gasteiger partial charge in [-0.25, -0.2) is 0 Å². The molecule has 0 saturated heterocycles. The standard InChI is InChI=1S/C15H13N2.ClH/c16-11-12-4-6-13(7-5-12)15-9-8-14-3-1-2-10-17(14)15;/h1-7,10,15H,8-9H2;1H/q+1;/p-1/t15-;/m0./s1. The molecule has 2 aromatic rings. The number of benzene rings is 1. The Bertz CT molecular complexity index is 584. The fraction of sp³-hybridized carbons (Fsp3) is 0.200. The lowest BCUT2D eigenvalue weighted by Crippen LogP contribution is -3.00. The zero-order valence-corrected chi connectivity index (χ0v) is 10.6. The maximum Gasteiger partial charge on any atom is 0.184 e. The van der Waals surface area contributed by atoms with Crippen LogP contribution in [0.5, 0.6) is 0 Å². The van der Waals surface area contributed by atoms with Crippen molar-refractivity contribution in [3.8, 4) is 6.07 Å². The Morgan fingerprint density at radius 1 is 1.11 bits per heavy atom. The Labute approximate surface area is 113 Å². The molecule has 0 unspecified atom stereocenters. The van der Waals surface area contributed by atoms with E-state index in [9.17, 15) is 0 Å². The van der Waals surface area contributed by atoms with Crippen LogP contribution in [-0.4, -0.2) is 0 Å². The van der Waals surface area contributed by atoms with E-state index in [1.54, 1.807) is 0 Å². The molecule has 1 aromatic carbocycles. The number of aromatic nitrogens is 1. The van der Waals surface area contributed by atoms with Gasteiger partial charge in [0, 0.05) is 30.5 Å². The largest absolute Gasteiger partial charge is 1.00 e. The predicted octanol–water partition coefficient (Wildman–Crippen LogP) is -0.615. The highest BCUT2D eigenvalue weighted by molar-refractivity contribution is 5.32. The van der Waals surface area contributed by atoms with E-state index in [1.165, 1.54) is 11.3 Å². The lowest BCUT2D eigenvalue weighted by atomic mass is 10.0. The SMILES string of the molecule is N#Cc1ccc([C@@H]2CCc3cccc[n+]32)cc1.[Cl-]. The highest BCUT2D eigenvalue weighted by Gasteiger charge is 2.30. The zero-order valence-electron chi connectivity index (χ0n) is 9.88. The van der Waals surface area contributed by atoms with E-state index in [-0.39, 0.29) is 12.4 Å². The number of aryl methyl sites for hydroxylation is 1. The van der Waals surface area contributed by atoms with Gasteiger partial charge in [-0.05, 0) is 12.1 Å². The molecule has 0 radical (unpaired) electrons. The molecule has 2 nitrogen and oxygen atoms in total. The minimum atomic E-state index is 0. The first-order valence-electron chi connectivity index (χ1n) is 5.87. The molecule has 0 spiro atoms. The van der Waals surface area contributed by atoms with Gasteiger partial charge < -0.3 is 12.4 Å². The van der Waals surface area contributed by atoms with Gasteiger partial charge >= 0.3 is 0 Å². The minimum Gasteiger partial charge on any atom is -1.00 e. The average Bonchev–Trinajstić information content (AvgIpc) is 2.83. The Balaban J connectivity index is 0.00000120. The molecule has 1 aliphatic rings. The lowest BCUT2D eigenvalue weighted by molar-refractivity contribution is -0.707. The van der Waals surface area contributed by atoms with Gasteiger partial charge in [-0.2, -0.15) is 9.83 Å². The third-order valence-corrected chi connectivity index (χ3v) is 3.41. The molecule has 0 bridgehead atoms. The van der Waals surface area contributed by atoms with E-state index in [2.05, 4.69) is 47.2 Å². The number of rotatable bonds is 1. The average molecular weight is 257 g/mol. The quantitative estimate of drug-likeness (QED) is 0.626. The maximum atomic E-state index is 8.80. The highest BCUT2D eigenvalue weighted by atomic mass is 35.5. The van der Waals surface area contributed by atoms with Gasteiger partial charge in [-0.3, -0.25) is 0 Å². The summed E-state index contributed by atoms with van der Waals surface area (Å²) in [5.74, 6) is 0. The molecule has 3 rings (SSSR count). The van der Waals surface area contributed by atoms with Crippen LogP contribution in [0.2, 0.25) is 0 Å². The highest BCUT2D eigenvalue weighted by Crippen LogP contribution is 2.24. The van der Waals surface area contributed by atoms with Crippen molar-refractivity contribution in [2.45, 2.75) is 18.9 Å². The molecular weight excluding hydrogens is 244 g/mol. The van der Waals surface area contributed by atoms with E-state index in [0.717, 1.165) is 18.4 Å². The molecule has 0 fully saturated rings. The zero-order chi connectivity index (χ0) is 11.7. The first-order chi connectivity index (χ1) is 8.38. The molecule has 1 aliphatic heterocycles. The monoisotopic (exact) mass is 256 g/mol. The molecule has 1 aromatic heterocycles. The van der Waals surface area contributed by atoms with Gasteiger partial charge in [0.1, 0.15) is 0 Å². The summed E-state index contributed by atoms with van der Waals surface area (Å²) in [5.41, 5.74) is 3.41. The van der Waals surface area contributed by atoms with Crippen LogP contribution in [0, 0.1) is 11.3 Å². The lowest BCUT2D eigenvalue weighted by Gasteiger charge is -2.06. The summed E-state index contributed by atoms with van der Waals surface area (Å²) < 4.78 is 2.33. The molecule has 0 aliphatic carbocycles. The number of fused-ring (bicyclic) bond motifs is 1. The summed E-state index contributed by atoms with van der Waals surface area (Å²) in [4.78, 5) is 0. The van der Waals surface area contributed by atoms with Crippen molar-refractivity contribution in [2.75, 3.05) is 0 Å². The van der Waals surface area contributed by atoms with E-state index < -0.39 is 0 Å². The Kier molecular flexibility index (Phi) is 3.64. The second-order valence-electron chi connectivity index (χ2n) is 4.39. The molecule has 18 heavy (non-hydrogen) atoms. The molecular formula is C15H13ClN2. The van der Waals surface area contributed by atoms with E-state index >= 15 is 0 Å². The second-order valence-corrected chi connectivity index (χ2v) is 4.39. The molecule has 0 N–H and O–H groups in total. The van der Waals surface area contributed by atoms with Gasteiger partial charge in [-0.1, -0.05) is 18.2 Å². The fourth-order valence-corrected chi connectivity index (χ4v) is 2.54. The minimum absolute atomic E-state index is 0. The van der Waals surface area contributed by atoms with E-state index in [1.807, 2.05) is 12.1 Å². The molecule has 1 atom stereocenters. The van der Waals surface area contributed by atoms with Crippen LogP contribution >= 0.6 is 0 Å². The van der Waals surface area contributed by atoms with Crippen LogP contribution in [0.3, 0.4) is 0 Å². The molecule has 3 heteroatoms. The Hall–Kier alpha value is -1.85. The molecule has 2 heterocycles. The van der Waals surface area contributed by atoms with Crippen molar-refractivity contribution in [1.29, 1.82) is 5.26 Å². The van der Waals surface area contributed by atoms with Gasteiger partial charge in [-0.15, -0.1) is 0 Å². The summed E-state index contributed by atoms with van der Waals surface area (Å²) in [6.45, 7) is 0. The van der Waals surface area contributed by atoms with Crippen LogP contribution in [0.15, 0.2) is 48.7 Å². The van der Waals surface area contributed by atoms with Crippen LogP contribution < -0.4 is 17.0 Å². The topological polar surface area (TPSA) is 27.7 Å². The van der Waals surface area contributed by atoms with Gasteiger partial charge in [0.15, 0.2) is 17.9 Å². The number of hydrogen-bond acceptors (Lipinski definition) is 1. The smallest absolute Gasteiger partial charge is 0.184 e. The summed E-state index contributed by atoms with van der Waals surface area (Å²) in [7, 11) is 0. The van der Waals surface area contributed by atoms with E-state index in [0.29, 0.717) is 6.04 Å². The summed E-state index contributed by atoms with van der Waals surface area (Å²) >= 11 is 0. The third-order valence-electron chi connectivity index (χ3n) is 3.41. The second kappa shape index (κ2) is 5.20. The fourth-order valence-electron chi connectivity index (χ4n) is 2.54. The number of nitriles is 1. The van der Waals surface area contributed by atoms with Gasteiger partial charge in [0.25, 0.3) is 0 Å². The number of pyridine rings is 1. The number of nitrogens with zero attached hydrogens (tertiary/aromatic N) is 2. The number of halogens is 1. The summed E-state index contributed by atoms with van der Waals surface area (Å²) in [6, 6.07) is 16.9. The van der Waals surface area contributed by atoms with Crippen LogP contribution in [0.25, 0.3) is 0 Å². The van der Waals surface area contributed by atoms with Gasteiger partial charge in [0.05, 0.1) is 11.6 Å². The molecule has 0 saturated carbocycles. The first-order valence-corrected chi connectivity index (χ1v) is 5.87. The molecule has 90 valence electrons. The summed E-state index contributed by atoms with van der Waals surface area (Å²) in [5, 5.41) is 8.80. The Morgan fingerprint density at radius 3 is 2.61 bits per heavy atom. The van der Waals surface area contributed by atoms with E-state index in [4.69, 9.17) is 5.26 Å². The number of hydrogen-bond donors (Lipinski definition) is 0. The van der Waals surface area contributed by atoms with Crippen molar-refractivity contribution in [1.82, 2.24) is 0 Å². The summed E-state index contributed by atoms with van der Waals surface area (Å²) in [6.07, 6.45) is 4.42. The van der Waals surface area contributed by atoms with Crippen molar-refractivity contribution >= 4 is 0 Å². The normalized spacial score (nSPS) is 16.5. The van der Waals surface area contributed by atoms with Crippen LogP contribution in [0.4, 0.5) is 0 Å². The first kappa shape index (κ1) is 12.6. The van der Waals surface area contributed by atoms with Crippen molar-refractivity contribution in [3.05, 3.63) is 65.5 Å². The van der Waals surface area contributed by atoms with Gasteiger partial charge in [0.2, 0.25) is 0 Å². The Morgan fingerprint density at radius 2 is 1.89 bits per heavy atom. The predicted molar refractivity (Wildman–Crippen MR) is 64.3 cm³/mol. The van der Waals surface area contributed by atoms with Crippen LogP contribution in [0.1, 0.15) is 29.3 Å². The third kappa shape index (κ3) is 2.10.